The Bertz CT molecular complexity index is 558. The van der Waals surface area contributed by atoms with Gasteiger partial charge in [0.1, 0.15) is 6.10 Å². The monoisotopic (exact) mass is 284 g/mol. The highest BCUT2D eigenvalue weighted by molar-refractivity contribution is 5.79. The average Bonchev–Trinajstić information content (AvgIpc) is 2.36. The molecule has 0 fully saturated rings. The lowest BCUT2D eigenvalue weighted by molar-refractivity contribution is -0.385. The van der Waals surface area contributed by atoms with Crippen molar-refractivity contribution in [2.75, 3.05) is 0 Å². The van der Waals surface area contributed by atoms with Gasteiger partial charge in [-0.15, -0.1) is 0 Å². The standard InChI is InChI=1S/C11H12N2O7/c12-11(18)10(17)9(16)6-2-1-5(4-8(14)15)7(3-6)13(19)20/h1-3,9-10,16-17H,4H2,(H2,12,18)(H,14,15). The first-order chi connectivity index (χ1) is 9.23. The molecule has 9 heteroatoms. The van der Waals surface area contributed by atoms with Crippen LogP contribution in [0.4, 0.5) is 5.69 Å². The number of nitrogens with zero attached hydrogens (tertiary/aromatic N) is 1. The van der Waals surface area contributed by atoms with Gasteiger partial charge in [0.25, 0.3) is 5.69 Å². The van der Waals surface area contributed by atoms with Crippen LogP contribution in [0.3, 0.4) is 0 Å². The Balaban J connectivity index is 3.19. The minimum atomic E-state index is -1.92. The molecule has 9 nitrogen and oxygen atoms in total. The molecule has 20 heavy (non-hydrogen) atoms. The zero-order valence-corrected chi connectivity index (χ0v) is 10.1. The quantitative estimate of drug-likeness (QED) is 0.388. The third-order valence-corrected chi connectivity index (χ3v) is 2.58. The van der Waals surface area contributed by atoms with E-state index in [2.05, 4.69) is 0 Å². The van der Waals surface area contributed by atoms with E-state index in [1.54, 1.807) is 0 Å². The Morgan fingerprint density at radius 3 is 2.40 bits per heavy atom. The first-order valence-electron chi connectivity index (χ1n) is 5.38. The van der Waals surface area contributed by atoms with Gasteiger partial charge in [0.05, 0.1) is 11.3 Å². The molecule has 5 N–H and O–H groups in total. The lowest BCUT2D eigenvalue weighted by Crippen LogP contribution is -2.33. The SMILES string of the molecule is NC(=O)C(O)C(O)c1ccc(CC(=O)O)c([N+](=O)[O-])c1. The number of aliphatic hydroxyl groups is 2. The summed E-state index contributed by atoms with van der Waals surface area (Å²) in [6, 6.07) is 3.22. The van der Waals surface area contributed by atoms with E-state index in [-0.39, 0.29) is 11.1 Å². The van der Waals surface area contributed by atoms with Crippen LogP contribution >= 0.6 is 0 Å². The molecule has 0 spiro atoms. The van der Waals surface area contributed by atoms with E-state index in [4.69, 9.17) is 10.8 Å². The van der Waals surface area contributed by atoms with Crippen LogP contribution in [0.2, 0.25) is 0 Å². The summed E-state index contributed by atoms with van der Waals surface area (Å²) in [4.78, 5) is 31.4. The second-order valence-corrected chi connectivity index (χ2v) is 4.01. The third kappa shape index (κ3) is 3.49. The molecule has 2 atom stereocenters. The van der Waals surface area contributed by atoms with Crippen LogP contribution in [0.5, 0.6) is 0 Å². The minimum absolute atomic E-state index is 0.0629. The molecule has 0 aromatic heterocycles. The van der Waals surface area contributed by atoms with E-state index in [0.717, 1.165) is 12.1 Å². The highest BCUT2D eigenvalue weighted by Crippen LogP contribution is 2.26. The number of hydrogen-bond acceptors (Lipinski definition) is 6. The van der Waals surface area contributed by atoms with Crippen LogP contribution in [0.15, 0.2) is 18.2 Å². The van der Waals surface area contributed by atoms with Gasteiger partial charge in [-0.2, -0.15) is 0 Å². The number of nitro benzene ring substituents is 1. The van der Waals surface area contributed by atoms with Crippen molar-refractivity contribution >= 4 is 17.6 Å². The number of nitrogens with two attached hydrogens (primary N) is 1. The number of nitro groups is 1. The Hall–Kier alpha value is -2.52. The minimum Gasteiger partial charge on any atom is -0.481 e. The summed E-state index contributed by atoms with van der Waals surface area (Å²) in [6.45, 7) is 0. The van der Waals surface area contributed by atoms with Gasteiger partial charge in [-0.3, -0.25) is 19.7 Å². The number of rotatable bonds is 6. The molecule has 0 saturated heterocycles. The van der Waals surface area contributed by atoms with E-state index in [9.17, 15) is 29.9 Å². The maximum Gasteiger partial charge on any atom is 0.308 e. The zero-order valence-electron chi connectivity index (χ0n) is 10.1. The van der Waals surface area contributed by atoms with Crippen LogP contribution in [-0.4, -0.2) is 38.2 Å². The summed E-state index contributed by atoms with van der Waals surface area (Å²) < 4.78 is 0. The largest absolute Gasteiger partial charge is 0.481 e. The molecule has 2 unspecified atom stereocenters. The number of carbonyl (C=O) groups is 2. The third-order valence-electron chi connectivity index (χ3n) is 2.58. The molecule has 0 aliphatic heterocycles. The summed E-state index contributed by atoms with van der Waals surface area (Å²) in [5.74, 6) is -2.44. The van der Waals surface area contributed by atoms with Gasteiger partial charge in [0, 0.05) is 11.6 Å². The molecule has 0 saturated carbocycles. The predicted octanol–water partition coefficient (Wildman–Crippen LogP) is -0.898. The Morgan fingerprint density at radius 1 is 1.35 bits per heavy atom. The topological polar surface area (TPSA) is 164 Å². The van der Waals surface area contributed by atoms with Crippen molar-refractivity contribution in [3.05, 3.63) is 39.4 Å². The predicted molar refractivity (Wildman–Crippen MR) is 64.6 cm³/mol. The van der Waals surface area contributed by atoms with Crippen molar-refractivity contribution in [2.45, 2.75) is 18.6 Å². The smallest absolute Gasteiger partial charge is 0.308 e. The molecule has 0 aliphatic carbocycles. The molecule has 0 heterocycles. The van der Waals surface area contributed by atoms with Gasteiger partial charge >= 0.3 is 5.97 Å². The average molecular weight is 284 g/mol. The van der Waals surface area contributed by atoms with Crippen molar-refractivity contribution in [3.8, 4) is 0 Å². The maximum absolute atomic E-state index is 10.9. The Kier molecular flexibility index (Phi) is 4.73. The number of hydrogen-bond donors (Lipinski definition) is 4. The first-order valence-corrected chi connectivity index (χ1v) is 5.38. The van der Waals surface area contributed by atoms with E-state index < -0.39 is 41.1 Å². The molecule has 0 aliphatic rings. The van der Waals surface area contributed by atoms with Crippen molar-refractivity contribution in [1.29, 1.82) is 0 Å². The summed E-state index contributed by atoms with van der Waals surface area (Å²) in [5, 5.41) is 38.5. The van der Waals surface area contributed by atoms with Crippen molar-refractivity contribution in [1.82, 2.24) is 0 Å². The molecule has 1 aromatic rings. The summed E-state index contributed by atoms with van der Waals surface area (Å²) in [6.07, 6.45) is -4.21. The lowest BCUT2D eigenvalue weighted by atomic mass is 10.00. The zero-order chi connectivity index (χ0) is 15.4. The van der Waals surface area contributed by atoms with Gasteiger partial charge < -0.3 is 21.1 Å². The van der Waals surface area contributed by atoms with Crippen LogP contribution < -0.4 is 5.73 Å². The Labute approximate surface area is 112 Å². The second kappa shape index (κ2) is 6.08. The number of benzene rings is 1. The molecule has 1 aromatic carbocycles. The maximum atomic E-state index is 10.9. The summed E-state index contributed by atoms with van der Waals surface area (Å²) in [7, 11) is 0. The van der Waals surface area contributed by atoms with E-state index >= 15 is 0 Å². The highest BCUT2D eigenvalue weighted by Gasteiger charge is 2.26. The first kappa shape index (κ1) is 15.5. The molecular weight excluding hydrogens is 272 g/mol. The second-order valence-electron chi connectivity index (χ2n) is 4.01. The van der Waals surface area contributed by atoms with Crippen molar-refractivity contribution in [2.24, 2.45) is 5.73 Å². The molecular formula is C11H12N2O7. The molecule has 0 bridgehead atoms. The number of carboxylic acids is 1. The molecule has 108 valence electrons. The van der Waals surface area contributed by atoms with E-state index in [0.29, 0.717) is 0 Å². The van der Waals surface area contributed by atoms with Crippen molar-refractivity contribution < 1.29 is 29.8 Å². The summed E-state index contributed by atoms with van der Waals surface area (Å²) in [5.41, 5.74) is 4.10. The van der Waals surface area contributed by atoms with Crippen molar-refractivity contribution in [3.63, 3.8) is 0 Å². The van der Waals surface area contributed by atoms with E-state index in [1.807, 2.05) is 0 Å². The van der Waals surface area contributed by atoms with Crippen LogP contribution in [0.25, 0.3) is 0 Å². The van der Waals surface area contributed by atoms with E-state index in [1.165, 1.54) is 6.07 Å². The van der Waals surface area contributed by atoms with Gasteiger partial charge in [0.2, 0.25) is 5.91 Å². The van der Waals surface area contributed by atoms with Crippen LogP contribution in [0, 0.1) is 10.1 Å². The number of carbonyl (C=O) groups excluding carboxylic acids is 1. The van der Waals surface area contributed by atoms with Gasteiger partial charge in [0.15, 0.2) is 6.10 Å². The van der Waals surface area contributed by atoms with Gasteiger partial charge in [-0.25, -0.2) is 0 Å². The lowest BCUT2D eigenvalue weighted by Gasteiger charge is -2.15. The molecule has 1 rings (SSSR count). The number of carboxylic acid groups (broad SMARTS) is 1. The van der Waals surface area contributed by atoms with Gasteiger partial charge in [-0.1, -0.05) is 12.1 Å². The Morgan fingerprint density at radius 2 is 1.95 bits per heavy atom. The molecule has 0 radical (unpaired) electrons. The number of amides is 1. The summed E-state index contributed by atoms with van der Waals surface area (Å²) >= 11 is 0. The molecule has 1 amide bonds. The van der Waals surface area contributed by atoms with Crippen LogP contribution in [0.1, 0.15) is 17.2 Å². The number of primary amides is 1. The number of aliphatic hydroxyl groups excluding tert-OH is 2. The normalized spacial score (nSPS) is 13.5. The number of aliphatic carboxylic acids is 1. The van der Waals surface area contributed by atoms with Crippen LogP contribution in [-0.2, 0) is 16.0 Å². The highest BCUT2D eigenvalue weighted by atomic mass is 16.6. The fourth-order valence-electron chi connectivity index (χ4n) is 1.59. The fourth-order valence-corrected chi connectivity index (χ4v) is 1.59. The van der Waals surface area contributed by atoms with Gasteiger partial charge in [-0.05, 0) is 5.56 Å². The fraction of sp³-hybridized carbons (Fsp3) is 0.273.